The maximum absolute atomic E-state index is 11.6. The molecule has 0 bridgehead atoms. The lowest BCUT2D eigenvalue weighted by Crippen LogP contribution is -2.13. The van der Waals surface area contributed by atoms with Gasteiger partial charge in [0.1, 0.15) is 5.75 Å². The van der Waals surface area contributed by atoms with Gasteiger partial charge in [0.05, 0.1) is 5.69 Å². The SMILES string of the molecule is O=C(Nc1cc2ccccc2cc1O)C1CC1. The van der Waals surface area contributed by atoms with Crippen molar-refractivity contribution in [1.82, 2.24) is 0 Å². The molecule has 1 aliphatic carbocycles. The second kappa shape index (κ2) is 3.77. The number of carbonyl (C=O) groups is 1. The third kappa shape index (κ3) is 1.96. The molecule has 3 nitrogen and oxygen atoms in total. The Kier molecular flexibility index (Phi) is 2.25. The number of hydrogen-bond acceptors (Lipinski definition) is 2. The minimum absolute atomic E-state index is 0.00980. The zero-order chi connectivity index (χ0) is 11.8. The first kappa shape index (κ1) is 10.1. The zero-order valence-electron chi connectivity index (χ0n) is 9.31. The number of phenolic OH excluding ortho intramolecular Hbond substituents is 1. The third-order valence-electron chi connectivity index (χ3n) is 3.07. The number of aromatic hydroxyl groups is 1. The monoisotopic (exact) mass is 227 g/mol. The van der Waals surface area contributed by atoms with Crippen LogP contribution in [0, 0.1) is 5.92 Å². The van der Waals surface area contributed by atoms with Crippen molar-refractivity contribution in [2.75, 3.05) is 5.32 Å². The van der Waals surface area contributed by atoms with E-state index in [1.165, 1.54) is 0 Å². The molecule has 1 amide bonds. The van der Waals surface area contributed by atoms with E-state index >= 15 is 0 Å². The van der Waals surface area contributed by atoms with E-state index in [4.69, 9.17) is 0 Å². The molecule has 2 N–H and O–H groups in total. The minimum atomic E-state index is 0.00980. The summed E-state index contributed by atoms with van der Waals surface area (Å²) < 4.78 is 0. The van der Waals surface area contributed by atoms with Gasteiger partial charge >= 0.3 is 0 Å². The van der Waals surface area contributed by atoms with Gasteiger partial charge in [-0.15, -0.1) is 0 Å². The van der Waals surface area contributed by atoms with Crippen LogP contribution >= 0.6 is 0 Å². The number of anilines is 1. The number of rotatable bonds is 2. The van der Waals surface area contributed by atoms with Crippen LogP contribution in [-0.2, 0) is 4.79 Å². The maximum atomic E-state index is 11.6. The number of carbonyl (C=O) groups excluding carboxylic acids is 1. The van der Waals surface area contributed by atoms with E-state index < -0.39 is 0 Å². The van der Waals surface area contributed by atoms with Crippen molar-refractivity contribution in [3.05, 3.63) is 36.4 Å². The van der Waals surface area contributed by atoms with E-state index in [0.717, 1.165) is 23.6 Å². The average molecular weight is 227 g/mol. The molecule has 0 spiro atoms. The molecule has 0 aliphatic heterocycles. The molecule has 2 aromatic rings. The predicted molar refractivity (Wildman–Crippen MR) is 67.0 cm³/mol. The largest absolute Gasteiger partial charge is 0.506 e. The van der Waals surface area contributed by atoms with Crippen molar-refractivity contribution in [2.24, 2.45) is 5.92 Å². The molecule has 86 valence electrons. The first-order valence-electron chi connectivity index (χ1n) is 5.76. The van der Waals surface area contributed by atoms with Gasteiger partial charge in [0.25, 0.3) is 0 Å². The topological polar surface area (TPSA) is 49.3 Å². The van der Waals surface area contributed by atoms with Gasteiger partial charge in [-0.3, -0.25) is 4.79 Å². The Morgan fingerprint density at radius 3 is 2.47 bits per heavy atom. The van der Waals surface area contributed by atoms with Crippen LogP contribution in [0.3, 0.4) is 0 Å². The van der Waals surface area contributed by atoms with Crippen molar-refractivity contribution in [2.45, 2.75) is 12.8 Å². The molecular formula is C14H13NO2. The third-order valence-corrected chi connectivity index (χ3v) is 3.07. The second-order valence-corrected chi connectivity index (χ2v) is 4.48. The van der Waals surface area contributed by atoms with Crippen molar-refractivity contribution in [3.8, 4) is 5.75 Å². The van der Waals surface area contributed by atoms with Crippen molar-refractivity contribution < 1.29 is 9.90 Å². The van der Waals surface area contributed by atoms with Crippen LogP contribution in [0.2, 0.25) is 0 Å². The lowest BCUT2D eigenvalue weighted by Gasteiger charge is -2.08. The lowest BCUT2D eigenvalue weighted by atomic mass is 10.1. The van der Waals surface area contributed by atoms with Crippen molar-refractivity contribution in [1.29, 1.82) is 0 Å². The molecule has 1 aliphatic rings. The average Bonchev–Trinajstić information content (AvgIpc) is 3.14. The smallest absolute Gasteiger partial charge is 0.227 e. The molecule has 1 saturated carbocycles. The molecule has 0 unspecified atom stereocenters. The number of phenols is 1. The van der Waals surface area contributed by atoms with Crippen molar-refractivity contribution >= 4 is 22.4 Å². The number of nitrogens with one attached hydrogen (secondary N) is 1. The van der Waals surface area contributed by atoms with Crippen LogP contribution < -0.4 is 5.32 Å². The summed E-state index contributed by atoms with van der Waals surface area (Å²) in [6.45, 7) is 0. The highest BCUT2D eigenvalue weighted by molar-refractivity contribution is 5.98. The van der Waals surface area contributed by atoms with E-state index in [-0.39, 0.29) is 17.6 Å². The predicted octanol–water partition coefficient (Wildman–Crippen LogP) is 2.89. The fraction of sp³-hybridized carbons (Fsp3) is 0.214. The zero-order valence-corrected chi connectivity index (χ0v) is 9.31. The fourth-order valence-electron chi connectivity index (χ4n) is 1.91. The van der Waals surface area contributed by atoms with Crippen LogP contribution in [-0.4, -0.2) is 11.0 Å². The van der Waals surface area contributed by atoms with Crippen LogP contribution in [0.1, 0.15) is 12.8 Å². The highest BCUT2D eigenvalue weighted by Gasteiger charge is 2.29. The number of hydrogen-bond donors (Lipinski definition) is 2. The first-order valence-corrected chi connectivity index (χ1v) is 5.76. The Balaban J connectivity index is 1.97. The summed E-state index contributed by atoms with van der Waals surface area (Å²) in [5.41, 5.74) is 0.501. The Morgan fingerprint density at radius 2 is 1.82 bits per heavy atom. The summed E-state index contributed by atoms with van der Waals surface area (Å²) in [6.07, 6.45) is 1.92. The van der Waals surface area contributed by atoms with E-state index in [1.807, 2.05) is 30.3 Å². The first-order chi connectivity index (χ1) is 8.24. The lowest BCUT2D eigenvalue weighted by molar-refractivity contribution is -0.117. The van der Waals surface area contributed by atoms with Crippen LogP contribution in [0.25, 0.3) is 10.8 Å². The second-order valence-electron chi connectivity index (χ2n) is 4.48. The molecule has 1 fully saturated rings. The molecule has 0 saturated heterocycles. The number of amides is 1. The summed E-state index contributed by atoms with van der Waals surface area (Å²) in [6, 6.07) is 11.2. The molecule has 17 heavy (non-hydrogen) atoms. The Morgan fingerprint density at radius 1 is 1.18 bits per heavy atom. The van der Waals surface area contributed by atoms with Gasteiger partial charge in [0, 0.05) is 5.92 Å². The summed E-state index contributed by atoms with van der Waals surface area (Å²) in [5, 5.41) is 14.6. The van der Waals surface area contributed by atoms with E-state index in [2.05, 4.69) is 5.32 Å². The minimum Gasteiger partial charge on any atom is -0.506 e. The van der Waals surface area contributed by atoms with Crippen molar-refractivity contribution in [3.63, 3.8) is 0 Å². The van der Waals surface area contributed by atoms with Gasteiger partial charge in [-0.2, -0.15) is 0 Å². The van der Waals surface area contributed by atoms with E-state index in [9.17, 15) is 9.90 Å². The van der Waals surface area contributed by atoms with Gasteiger partial charge in [-0.1, -0.05) is 24.3 Å². The fourth-order valence-corrected chi connectivity index (χ4v) is 1.91. The van der Waals surface area contributed by atoms with Gasteiger partial charge < -0.3 is 10.4 Å². The Hall–Kier alpha value is -2.03. The Bertz CT molecular complexity index is 588. The van der Waals surface area contributed by atoms with Gasteiger partial charge in [0.15, 0.2) is 0 Å². The maximum Gasteiger partial charge on any atom is 0.227 e. The van der Waals surface area contributed by atoms with Crippen LogP contribution in [0.4, 0.5) is 5.69 Å². The normalized spacial score (nSPS) is 14.8. The highest BCUT2D eigenvalue weighted by Crippen LogP contribution is 2.33. The number of benzene rings is 2. The highest BCUT2D eigenvalue weighted by atomic mass is 16.3. The molecule has 3 heteroatoms. The quantitative estimate of drug-likeness (QED) is 0.775. The van der Waals surface area contributed by atoms with Gasteiger partial charge in [-0.25, -0.2) is 0 Å². The molecule has 0 radical (unpaired) electrons. The summed E-state index contributed by atoms with van der Waals surface area (Å²) in [5.74, 6) is 0.272. The molecule has 2 aromatic carbocycles. The van der Waals surface area contributed by atoms with E-state index in [1.54, 1.807) is 6.07 Å². The standard InChI is InChI=1S/C14H13NO2/c16-13-8-11-4-2-1-3-10(11)7-12(13)15-14(17)9-5-6-9/h1-4,7-9,16H,5-6H2,(H,15,17). The van der Waals surface area contributed by atoms with E-state index in [0.29, 0.717) is 5.69 Å². The van der Waals surface area contributed by atoms with Crippen LogP contribution in [0.5, 0.6) is 5.75 Å². The summed E-state index contributed by atoms with van der Waals surface area (Å²) in [4.78, 5) is 11.6. The molecule has 0 heterocycles. The van der Waals surface area contributed by atoms with Gasteiger partial charge in [0.2, 0.25) is 5.91 Å². The van der Waals surface area contributed by atoms with Gasteiger partial charge in [-0.05, 0) is 35.7 Å². The summed E-state index contributed by atoms with van der Waals surface area (Å²) in [7, 11) is 0. The molecule has 3 rings (SSSR count). The Labute approximate surface area is 99.1 Å². The molecule has 0 aromatic heterocycles. The van der Waals surface area contributed by atoms with Crippen LogP contribution in [0.15, 0.2) is 36.4 Å². The molecule has 0 atom stereocenters. The summed E-state index contributed by atoms with van der Waals surface area (Å²) >= 11 is 0. The molecular weight excluding hydrogens is 214 g/mol. The number of fused-ring (bicyclic) bond motifs is 1.